The molecule has 0 aliphatic carbocycles. The zero-order valence-electron chi connectivity index (χ0n) is 23.6. The maximum atomic E-state index is 10.8. The minimum absolute atomic E-state index is 0.275. The Hall–Kier alpha value is -2.50. The minimum Gasteiger partial charge on any atom is -0.507 e. The van der Waals surface area contributed by atoms with Crippen molar-refractivity contribution < 1.29 is 14.6 Å². The monoisotopic (exact) mass is 508 g/mol. The highest BCUT2D eigenvalue weighted by Crippen LogP contribution is 2.36. The number of phenols is 1. The molecule has 0 saturated heterocycles. The average Bonchev–Trinajstić information content (AvgIpc) is 2.89. The van der Waals surface area contributed by atoms with Crippen molar-refractivity contribution in [1.82, 2.24) is 9.80 Å². The van der Waals surface area contributed by atoms with Gasteiger partial charge in [0.15, 0.2) is 0 Å². The summed E-state index contributed by atoms with van der Waals surface area (Å²) in [5, 5.41) is 14.8. The molecule has 3 rings (SSSR count). The molecule has 0 fully saturated rings. The number of hydrogen-bond donors (Lipinski definition) is 1. The number of phenolic OH excluding ortho intramolecular Hbond substituents is 1. The van der Waals surface area contributed by atoms with Crippen molar-refractivity contribution in [3.8, 4) is 17.2 Å². The van der Waals surface area contributed by atoms with Crippen molar-refractivity contribution in [1.29, 1.82) is 0 Å². The van der Waals surface area contributed by atoms with Crippen molar-refractivity contribution in [2.45, 2.75) is 66.2 Å². The third-order valence-corrected chi connectivity index (χ3v) is 6.81. The van der Waals surface area contributed by atoms with Gasteiger partial charge in [0, 0.05) is 18.5 Å². The summed E-state index contributed by atoms with van der Waals surface area (Å²) in [6.07, 6.45) is 6.76. The Balaban J connectivity index is 1.60. The van der Waals surface area contributed by atoms with Crippen LogP contribution in [0.2, 0.25) is 0 Å². The van der Waals surface area contributed by atoms with Gasteiger partial charge in [-0.2, -0.15) is 0 Å². The van der Waals surface area contributed by atoms with Gasteiger partial charge in [0.05, 0.1) is 13.2 Å². The molecule has 0 aromatic heterocycles. The number of aromatic hydroxyl groups is 1. The van der Waals surface area contributed by atoms with Crippen LogP contribution in [-0.2, 0) is 0 Å². The molecule has 0 aliphatic rings. The summed E-state index contributed by atoms with van der Waals surface area (Å²) in [6, 6.07) is 14.0. The molecule has 1 N–H and O–H groups in total. The molecule has 0 amide bonds. The van der Waals surface area contributed by atoms with E-state index in [0.717, 1.165) is 85.2 Å². The minimum atomic E-state index is 0.275. The third kappa shape index (κ3) is 8.79. The van der Waals surface area contributed by atoms with Gasteiger partial charge in [0.2, 0.25) is 0 Å². The highest BCUT2D eigenvalue weighted by atomic mass is 16.5. The Morgan fingerprint density at radius 3 is 1.57 bits per heavy atom. The second kappa shape index (κ2) is 15.7. The lowest BCUT2D eigenvalue weighted by Crippen LogP contribution is -2.27. The summed E-state index contributed by atoms with van der Waals surface area (Å²) < 4.78 is 12.1. The van der Waals surface area contributed by atoms with E-state index in [1.165, 1.54) is 25.7 Å². The maximum absolute atomic E-state index is 10.8. The second-order valence-electron chi connectivity index (χ2n) is 10.1. The highest BCUT2D eigenvalue weighted by molar-refractivity contribution is 6.10. The van der Waals surface area contributed by atoms with Crippen molar-refractivity contribution in [2.75, 3.05) is 52.5 Å². The van der Waals surface area contributed by atoms with Gasteiger partial charge < -0.3 is 24.4 Å². The molecule has 3 aromatic carbocycles. The molecule has 0 radical (unpaired) electrons. The van der Waals surface area contributed by atoms with Crippen molar-refractivity contribution >= 4 is 21.5 Å². The summed E-state index contributed by atoms with van der Waals surface area (Å²) in [5.74, 6) is 1.93. The first-order valence-electron chi connectivity index (χ1n) is 14.5. The molecule has 0 bridgehead atoms. The summed E-state index contributed by atoms with van der Waals surface area (Å²) in [5.41, 5.74) is 0. The standard InChI is InChI=1S/C32H48N2O3/c1-5-15-33(16-6-2)19-9-21-36-27-11-13-29-26(23-27)24-32(35)31-25-28(12-14-30(29)31)37-22-10-20-34(17-7-3)18-8-4/h11-14,23-25,35H,5-10,15-22H2,1-4H3. The summed E-state index contributed by atoms with van der Waals surface area (Å²) in [6.45, 7) is 17.0. The summed E-state index contributed by atoms with van der Waals surface area (Å²) in [7, 11) is 0. The third-order valence-electron chi connectivity index (χ3n) is 6.81. The van der Waals surface area contributed by atoms with Crippen LogP contribution in [-0.4, -0.2) is 67.4 Å². The second-order valence-corrected chi connectivity index (χ2v) is 10.1. The molecule has 0 spiro atoms. The SMILES string of the molecule is CCCN(CCC)CCCOc1ccc2c(c1)cc(O)c1cc(OCCCN(CCC)CCC)ccc12. The predicted molar refractivity (Wildman–Crippen MR) is 157 cm³/mol. The summed E-state index contributed by atoms with van der Waals surface area (Å²) in [4.78, 5) is 5.02. The number of hydrogen-bond acceptors (Lipinski definition) is 5. The van der Waals surface area contributed by atoms with Crippen LogP contribution in [0.25, 0.3) is 21.5 Å². The fraction of sp³-hybridized carbons (Fsp3) is 0.562. The molecule has 204 valence electrons. The fourth-order valence-corrected chi connectivity index (χ4v) is 5.17. The van der Waals surface area contributed by atoms with Crippen LogP contribution < -0.4 is 9.47 Å². The van der Waals surface area contributed by atoms with Crippen LogP contribution in [0.3, 0.4) is 0 Å². The van der Waals surface area contributed by atoms with Crippen LogP contribution in [0.1, 0.15) is 66.2 Å². The van der Waals surface area contributed by atoms with E-state index in [-0.39, 0.29) is 5.75 Å². The molecule has 3 aromatic rings. The quantitative estimate of drug-likeness (QED) is 0.143. The smallest absolute Gasteiger partial charge is 0.124 e. The fourth-order valence-electron chi connectivity index (χ4n) is 5.17. The number of rotatable bonds is 18. The number of fused-ring (bicyclic) bond motifs is 3. The molecule has 0 atom stereocenters. The molecule has 0 aliphatic heterocycles. The molecular formula is C32H48N2O3. The van der Waals surface area contributed by atoms with Gasteiger partial charge in [-0.05, 0) is 117 Å². The zero-order valence-corrected chi connectivity index (χ0v) is 23.6. The van der Waals surface area contributed by atoms with E-state index in [1.54, 1.807) is 0 Å². The number of ether oxygens (including phenoxy) is 2. The maximum Gasteiger partial charge on any atom is 0.124 e. The van der Waals surface area contributed by atoms with E-state index in [4.69, 9.17) is 9.47 Å². The Kier molecular flexibility index (Phi) is 12.3. The van der Waals surface area contributed by atoms with E-state index < -0.39 is 0 Å². The summed E-state index contributed by atoms with van der Waals surface area (Å²) >= 11 is 0. The van der Waals surface area contributed by atoms with Crippen LogP contribution in [0.4, 0.5) is 0 Å². The van der Waals surface area contributed by atoms with Crippen LogP contribution in [0.5, 0.6) is 17.2 Å². The number of benzene rings is 3. The van der Waals surface area contributed by atoms with Crippen molar-refractivity contribution in [3.05, 3.63) is 42.5 Å². The molecular weight excluding hydrogens is 460 g/mol. The van der Waals surface area contributed by atoms with Crippen molar-refractivity contribution in [3.63, 3.8) is 0 Å². The van der Waals surface area contributed by atoms with Crippen LogP contribution in [0.15, 0.2) is 42.5 Å². The Morgan fingerprint density at radius 1 is 0.568 bits per heavy atom. The normalized spacial score (nSPS) is 11.7. The van der Waals surface area contributed by atoms with Gasteiger partial charge >= 0.3 is 0 Å². The van der Waals surface area contributed by atoms with E-state index >= 15 is 0 Å². The molecule has 0 saturated carbocycles. The lowest BCUT2D eigenvalue weighted by Gasteiger charge is -2.20. The highest BCUT2D eigenvalue weighted by Gasteiger charge is 2.10. The Labute approximate surface area is 224 Å². The zero-order chi connectivity index (χ0) is 26.5. The first-order valence-corrected chi connectivity index (χ1v) is 14.5. The van der Waals surface area contributed by atoms with E-state index in [2.05, 4.69) is 49.6 Å². The largest absolute Gasteiger partial charge is 0.507 e. The van der Waals surface area contributed by atoms with Crippen LogP contribution in [0, 0.1) is 0 Å². The van der Waals surface area contributed by atoms with Gasteiger partial charge in [-0.3, -0.25) is 0 Å². The van der Waals surface area contributed by atoms with Gasteiger partial charge in [-0.1, -0.05) is 33.8 Å². The molecule has 0 unspecified atom stereocenters. The van der Waals surface area contributed by atoms with Crippen LogP contribution >= 0.6 is 0 Å². The lowest BCUT2D eigenvalue weighted by atomic mass is 10.0. The van der Waals surface area contributed by atoms with Crippen molar-refractivity contribution in [2.24, 2.45) is 0 Å². The molecule has 37 heavy (non-hydrogen) atoms. The van der Waals surface area contributed by atoms with Gasteiger partial charge in [0.1, 0.15) is 17.2 Å². The van der Waals surface area contributed by atoms with Gasteiger partial charge in [-0.15, -0.1) is 0 Å². The first kappa shape index (κ1) is 29.1. The topological polar surface area (TPSA) is 45.2 Å². The Morgan fingerprint density at radius 2 is 1.05 bits per heavy atom. The molecule has 5 nitrogen and oxygen atoms in total. The average molecular weight is 509 g/mol. The van der Waals surface area contributed by atoms with E-state index in [0.29, 0.717) is 13.2 Å². The van der Waals surface area contributed by atoms with E-state index in [1.807, 2.05) is 30.3 Å². The Bertz CT molecular complexity index is 1070. The van der Waals surface area contributed by atoms with E-state index in [9.17, 15) is 5.11 Å². The molecule has 0 heterocycles. The molecule has 5 heteroatoms. The first-order chi connectivity index (χ1) is 18.1. The predicted octanol–water partition coefficient (Wildman–Crippen LogP) is 7.48. The number of nitrogens with zero attached hydrogens (tertiary/aromatic N) is 2. The van der Waals surface area contributed by atoms with Gasteiger partial charge in [-0.25, -0.2) is 0 Å². The van der Waals surface area contributed by atoms with Gasteiger partial charge in [0.25, 0.3) is 0 Å². The lowest BCUT2D eigenvalue weighted by molar-refractivity contribution is 0.234.